The van der Waals surface area contributed by atoms with Crippen molar-refractivity contribution in [2.45, 2.75) is 60.9 Å². The van der Waals surface area contributed by atoms with Gasteiger partial charge >= 0.3 is 5.97 Å². The molecule has 4 aliphatic rings. The number of carbonyl (C=O) groups excluding carboxylic acids is 1. The van der Waals surface area contributed by atoms with Gasteiger partial charge in [-0.15, -0.1) is 11.8 Å². The van der Waals surface area contributed by atoms with Crippen LogP contribution in [0.25, 0.3) is 0 Å². The van der Waals surface area contributed by atoms with Crippen LogP contribution in [0.4, 0.5) is 0 Å². The number of fused-ring (bicyclic) bond motifs is 1. The Morgan fingerprint density at radius 1 is 1.35 bits per heavy atom. The first-order valence-electron chi connectivity index (χ1n) is 8.83. The van der Waals surface area contributed by atoms with Gasteiger partial charge in [-0.2, -0.15) is 0 Å². The van der Waals surface area contributed by atoms with Gasteiger partial charge in [-0.05, 0) is 50.8 Å². The summed E-state index contributed by atoms with van der Waals surface area (Å²) in [5.74, 6) is 1.33. The molecular formula is C19H25NO2S. The van der Waals surface area contributed by atoms with Gasteiger partial charge in [-0.25, -0.2) is 0 Å². The minimum absolute atomic E-state index is 0.0130. The maximum atomic E-state index is 12.7. The Hall–Kier alpha value is -1.00. The number of hydrogen-bond donors (Lipinski definition) is 0. The predicted octanol–water partition coefficient (Wildman–Crippen LogP) is 3.58. The average molecular weight is 331 g/mol. The number of nitrogens with zero attached hydrogens (tertiary/aromatic N) is 1. The minimum atomic E-state index is -0.0908. The largest absolute Gasteiger partial charge is 0.461 e. The summed E-state index contributed by atoms with van der Waals surface area (Å²) in [5, 5.41) is -0.0908. The molecule has 2 saturated heterocycles. The molecule has 6 atom stereocenters. The minimum Gasteiger partial charge on any atom is -0.461 e. The van der Waals surface area contributed by atoms with E-state index in [1.165, 1.54) is 12.8 Å². The highest BCUT2D eigenvalue weighted by atomic mass is 32.2. The van der Waals surface area contributed by atoms with Gasteiger partial charge in [0.05, 0.1) is 0 Å². The lowest BCUT2D eigenvalue weighted by Crippen LogP contribution is -2.66. The number of hydrogen-bond acceptors (Lipinski definition) is 4. The van der Waals surface area contributed by atoms with Crippen LogP contribution in [0.15, 0.2) is 35.2 Å². The summed E-state index contributed by atoms with van der Waals surface area (Å²) in [4.78, 5) is 16.3. The number of rotatable bonds is 5. The zero-order chi connectivity index (χ0) is 16.0. The molecule has 4 heteroatoms. The lowest BCUT2D eigenvalue weighted by Gasteiger charge is -2.57. The molecule has 2 aliphatic heterocycles. The first-order valence-corrected chi connectivity index (χ1v) is 9.71. The molecule has 1 aromatic carbocycles. The monoisotopic (exact) mass is 331 g/mol. The summed E-state index contributed by atoms with van der Waals surface area (Å²) in [7, 11) is 2.24. The third-order valence-electron chi connectivity index (χ3n) is 6.04. The second-order valence-corrected chi connectivity index (χ2v) is 8.45. The molecule has 2 saturated carbocycles. The van der Waals surface area contributed by atoms with Crippen LogP contribution in [0.2, 0.25) is 0 Å². The molecule has 3 nitrogen and oxygen atoms in total. The summed E-state index contributed by atoms with van der Waals surface area (Å²) in [5.41, 5.74) is 0. The van der Waals surface area contributed by atoms with Crippen LogP contribution in [-0.4, -0.2) is 41.4 Å². The normalized spacial score (nSPS) is 36.3. The summed E-state index contributed by atoms with van der Waals surface area (Å²) >= 11 is 1.63. The number of ether oxygens (including phenoxy) is 1. The molecule has 124 valence electrons. The molecule has 4 bridgehead atoms. The summed E-state index contributed by atoms with van der Waals surface area (Å²) in [6.07, 6.45) is 4.65. The quantitative estimate of drug-likeness (QED) is 0.609. The van der Waals surface area contributed by atoms with Gasteiger partial charge in [-0.3, -0.25) is 9.69 Å². The Morgan fingerprint density at radius 2 is 2.13 bits per heavy atom. The fraction of sp³-hybridized carbons (Fsp3) is 0.632. The van der Waals surface area contributed by atoms with Crippen molar-refractivity contribution in [3.63, 3.8) is 0 Å². The molecule has 23 heavy (non-hydrogen) atoms. The lowest BCUT2D eigenvalue weighted by atomic mass is 9.70. The maximum absolute atomic E-state index is 12.7. The summed E-state index contributed by atoms with van der Waals surface area (Å²) < 4.78 is 6.01. The third-order valence-corrected chi connectivity index (χ3v) is 7.39. The van der Waals surface area contributed by atoms with Gasteiger partial charge in [0.15, 0.2) is 0 Å². The average Bonchev–Trinajstić information content (AvgIpc) is 2.79. The third kappa shape index (κ3) is 2.60. The number of piperidine rings is 1. The molecule has 6 unspecified atom stereocenters. The Kier molecular flexibility index (Phi) is 4.14. The molecule has 0 N–H and O–H groups in total. The van der Waals surface area contributed by atoms with E-state index in [1.807, 2.05) is 18.2 Å². The van der Waals surface area contributed by atoms with Gasteiger partial charge in [0.1, 0.15) is 11.4 Å². The Balaban J connectivity index is 1.40. The first-order chi connectivity index (χ1) is 11.2. The van der Waals surface area contributed by atoms with Crippen LogP contribution in [-0.2, 0) is 9.53 Å². The van der Waals surface area contributed by atoms with Crippen molar-refractivity contribution in [3.05, 3.63) is 30.3 Å². The first kappa shape index (κ1) is 15.5. The van der Waals surface area contributed by atoms with Crippen molar-refractivity contribution in [2.75, 3.05) is 7.05 Å². The predicted molar refractivity (Wildman–Crippen MR) is 92.4 cm³/mol. The van der Waals surface area contributed by atoms with E-state index in [0.717, 1.165) is 23.7 Å². The highest BCUT2D eigenvalue weighted by Gasteiger charge is 2.62. The fourth-order valence-corrected chi connectivity index (χ4v) is 5.94. The van der Waals surface area contributed by atoms with E-state index in [1.54, 1.807) is 11.8 Å². The van der Waals surface area contributed by atoms with Crippen LogP contribution in [0.5, 0.6) is 0 Å². The number of thioether (sulfide) groups is 1. The zero-order valence-electron chi connectivity index (χ0n) is 13.9. The second kappa shape index (κ2) is 6.14. The molecule has 4 fully saturated rings. The van der Waals surface area contributed by atoms with Crippen LogP contribution >= 0.6 is 11.8 Å². The van der Waals surface area contributed by atoms with E-state index < -0.39 is 0 Å². The van der Waals surface area contributed by atoms with Crippen molar-refractivity contribution in [3.8, 4) is 0 Å². The van der Waals surface area contributed by atoms with Gasteiger partial charge < -0.3 is 4.74 Å². The van der Waals surface area contributed by atoms with Crippen molar-refractivity contribution in [1.29, 1.82) is 0 Å². The van der Waals surface area contributed by atoms with E-state index in [9.17, 15) is 4.79 Å². The number of benzene rings is 1. The molecule has 2 heterocycles. The topological polar surface area (TPSA) is 29.5 Å². The second-order valence-electron chi connectivity index (χ2n) is 7.18. The smallest absolute Gasteiger partial charge is 0.319 e. The molecular weight excluding hydrogens is 306 g/mol. The van der Waals surface area contributed by atoms with Crippen molar-refractivity contribution < 1.29 is 9.53 Å². The Labute approximate surface area is 142 Å². The van der Waals surface area contributed by atoms with E-state index >= 15 is 0 Å². The van der Waals surface area contributed by atoms with E-state index in [-0.39, 0.29) is 17.3 Å². The van der Waals surface area contributed by atoms with Gasteiger partial charge in [0, 0.05) is 22.9 Å². The molecule has 0 spiro atoms. The van der Waals surface area contributed by atoms with Crippen LogP contribution in [0.1, 0.15) is 32.6 Å². The molecule has 0 amide bonds. The molecule has 5 rings (SSSR count). The number of carbonyl (C=O) groups is 1. The van der Waals surface area contributed by atoms with Crippen LogP contribution in [0, 0.1) is 11.8 Å². The van der Waals surface area contributed by atoms with Gasteiger partial charge in [-0.1, -0.05) is 25.1 Å². The van der Waals surface area contributed by atoms with E-state index in [0.29, 0.717) is 18.0 Å². The van der Waals surface area contributed by atoms with Gasteiger partial charge in [0.2, 0.25) is 0 Å². The van der Waals surface area contributed by atoms with E-state index in [2.05, 4.69) is 31.0 Å². The Bertz CT molecular complexity index is 578. The van der Waals surface area contributed by atoms with Crippen molar-refractivity contribution >= 4 is 17.7 Å². The zero-order valence-corrected chi connectivity index (χ0v) is 14.7. The van der Waals surface area contributed by atoms with E-state index in [4.69, 9.17) is 4.74 Å². The molecule has 1 aromatic rings. The molecule has 2 aliphatic carbocycles. The fourth-order valence-electron chi connectivity index (χ4n) is 4.98. The van der Waals surface area contributed by atoms with Crippen molar-refractivity contribution in [1.82, 2.24) is 4.90 Å². The summed E-state index contributed by atoms with van der Waals surface area (Å²) in [6.45, 7) is 2.07. The highest BCUT2D eigenvalue weighted by molar-refractivity contribution is 8.00. The Morgan fingerprint density at radius 3 is 2.78 bits per heavy atom. The lowest BCUT2D eigenvalue weighted by molar-refractivity contribution is -0.159. The standard InChI is InChI=1S/C19H25NO2S/c1-3-16(23-13-7-5-4-6-8-13)19(21)22-15-11-12-9-10-14-17(15)18(12)20(14)2/h4-8,12,14-18H,3,9-11H2,1-2H3. The summed E-state index contributed by atoms with van der Waals surface area (Å²) in [6, 6.07) is 11.5. The van der Waals surface area contributed by atoms with Crippen molar-refractivity contribution in [2.24, 2.45) is 11.8 Å². The number of esters is 1. The molecule has 0 radical (unpaired) electrons. The van der Waals surface area contributed by atoms with Crippen LogP contribution < -0.4 is 0 Å². The maximum Gasteiger partial charge on any atom is 0.319 e. The van der Waals surface area contributed by atoms with Gasteiger partial charge in [0.25, 0.3) is 0 Å². The highest BCUT2D eigenvalue weighted by Crippen LogP contribution is 2.55. The molecule has 0 aromatic heterocycles. The van der Waals surface area contributed by atoms with Crippen LogP contribution in [0.3, 0.4) is 0 Å². The SMILES string of the molecule is CCC(Sc1ccccc1)C(=O)OC1CC2CCC3C1C2N3C.